The first-order valence-electron chi connectivity index (χ1n) is 7.90. The molecule has 0 aromatic heterocycles. The van der Waals surface area contributed by atoms with Gasteiger partial charge in [0.15, 0.2) is 0 Å². The van der Waals surface area contributed by atoms with E-state index in [2.05, 4.69) is 0 Å². The van der Waals surface area contributed by atoms with Crippen molar-refractivity contribution < 1.29 is 8.42 Å². The van der Waals surface area contributed by atoms with E-state index in [-0.39, 0.29) is 0 Å². The van der Waals surface area contributed by atoms with Crippen molar-refractivity contribution in [2.75, 3.05) is 26.2 Å². The number of hydrogen-bond donors (Lipinski definition) is 1. The van der Waals surface area contributed by atoms with Gasteiger partial charge in [0.25, 0.3) is 10.2 Å². The second kappa shape index (κ2) is 7.73. The summed E-state index contributed by atoms with van der Waals surface area (Å²) in [5, 5.41) is 0. The van der Waals surface area contributed by atoms with Gasteiger partial charge in [0.1, 0.15) is 0 Å². The Bertz CT molecular complexity index is 372. The van der Waals surface area contributed by atoms with Crippen LogP contribution in [0.1, 0.15) is 59.3 Å². The molecule has 1 aliphatic heterocycles. The minimum atomic E-state index is -3.40. The minimum absolute atomic E-state index is 0.358. The van der Waals surface area contributed by atoms with Gasteiger partial charge in [0.05, 0.1) is 0 Å². The molecule has 120 valence electrons. The van der Waals surface area contributed by atoms with Gasteiger partial charge in [0.2, 0.25) is 0 Å². The largest absolute Gasteiger partial charge is 0.329 e. The molecule has 2 N–H and O–H groups in total. The summed E-state index contributed by atoms with van der Waals surface area (Å²) in [6.45, 7) is 8.17. The van der Waals surface area contributed by atoms with Crippen LogP contribution in [0.2, 0.25) is 0 Å². The molecule has 6 heteroatoms. The maximum atomic E-state index is 13.0. The summed E-state index contributed by atoms with van der Waals surface area (Å²) in [5.41, 5.74) is 5.40. The Morgan fingerprint density at radius 2 is 1.70 bits per heavy atom. The van der Waals surface area contributed by atoms with Gasteiger partial charge in [-0.1, -0.05) is 26.7 Å². The fraction of sp³-hybridized carbons (Fsp3) is 1.00. The van der Waals surface area contributed by atoms with Gasteiger partial charge in [-0.25, -0.2) is 0 Å². The molecule has 0 bridgehead atoms. The van der Waals surface area contributed by atoms with Crippen LogP contribution in [0.5, 0.6) is 0 Å². The van der Waals surface area contributed by atoms with Crippen LogP contribution in [0.25, 0.3) is 0 Å². The minimum Gasteiger partial charge on any atom is -0.329 e. The van der Waals surface area contributed by atoms with Gasteiger partial charge >= 0.3 is 0 Å². The van der Waals surface area contributed by atoms with E-state index in [0.29, 0.717) is 26.2 Å². The summed E-state index contributed by atoms with van der Waals surface area (Å²) in [6, 6.07) is 0. The third-order valence-electron chi connectivity index (χ3n) is 4.40. The fourth-order valence-electron chi connectivity index (χ4n) is 2.70. The molecule has 0 radical (unpaired) electrons. The molecule has 0 amide bonds. The maximum Gasteiger partial charge on any atom is 0.282 e. The molecule has 1 fully saturated rings. The molecule has 20 heavy (non-hydrogen) atoms. The molecule has 1 aliphatic rings. The molecule has 5 nitrogen and oxygen atoms in total. The van der Waals surface area contributed by atoms with E-state index < -0.39 is 15.7 Å². The van der Waals surface area contributed by atoms with Crippen LogP contribution >= 0.6 is 0 Å². The van der Waals surface area contributed by atoms with Crippen molar-refractivity contribution in [3.05, 3.63) is 0 Å². The van der Waals surface area contributed by atoms with E-state index in [0.717, 1.165) is 38.5 Å². The van der Waals surface area contributed by atoms with Crippen molar-refractivity contribution in [1.82, 2.24) is 8.61 Å². The Kier molecular flexibility index (Phi) is 6.91. The Labute approximate surface area is 124 Å². The fourth-order valence-corrected chi connectivity index (χ4v) is 4.87. The smallest absolute Gasteiger partial charge is 0.282 e. The molecule has 0 spiro atoms. The molecule has 0 aromatic carbocycles. The summed E-state index contributed by atoms with van der Waals surface area (Å²) in [5.74, 6) is 0. The van der Waals surface area contributed by atoms with E-state index in [1.807, 2.05) is 20.8 Å². The highest BCUT2D eigenvalue weighted by Gasteiger charge is 2.40. The summed E-state index contributed by atoms with van der Waals surface area (Å²) in [7, 11) is -3.40. The SMILES string of the molecule is CCCN(C(C)(CC)CN)S(=O)(=O)N1CCCCCC1. The van der Waals surface area contributed by atoms with Gasteiger partial charge in [0, 0.05) is 31.7 Å². The average molecular weight is 305 g/mol. The van der Waals surface area contributed by atoms with E-state index in [4.69, 9.17) is 5.73 Å². The van der Waals surface area contributed by atoms with Crippen LogP contribution in [-0.4, -0.2) is 48.7 Å². The molecule has 1 saturated heterocycles. The lowest BCUT2D eigenvalue weighted by atomic mass is 9.99. The molecule has 1 heterocycles. The molecule has 1 rings (SSSR count). The van der Waals surface area contributed by atoms with Crippen LogP contribution in [-0.2, 0) is 10.2 Å². The van der Waals surface area contributed by atoms with Crippen molar-refractivity contribution in [2.45, 2.75) is 64.8 Å². The maximum absolute atomic E-state index is 13.0. The normalized spacial score (nSPS) is 21.6. The van der Waals surface area contributed by atoms with Crippen molar-refractivity contribution in [3.63, 3.8) is 0 Å². The third kappa shape index (κ3) is 3.93. The number of nitrogens with two attached hydrogens (primary N) is 1. The van der Waals surface area contributed by atoms with Crippen molar-refractivity contribution >= 4 is 10.2 Å². The first-order chi connectivity index (χ1) is 9.42. The van der Waals surface area contributed by atoms with Gasteiger partial charge < -0.3 is 5.73 Å². The van der Waals surface area contributed by atoms with Crippen LogP contribution in [0, 0.1) is 0 Å². The standard InChI is InChI=1S/C14H31N3O2S/c1-4-10-17(14(3,5-2)13-15)20(18,19)16-11-8-6-7-9-12-16/h4-13,15H2,1-3H3. The zero-order chi connectivity index (χ0) is 15.2. The lowest BCUT2D eigenvalue weighted by Crippen LogP contribution is -2.58. The Morgan fingerprint density at radius 1 is 1.15 bits per heavy atom. The Balaban J connectivity index is 3.04. The zero-order valence-electron chi connectivity index (χ0n) is 13.3. The molecular formula is C14H31N3O2S. The highest BCUT2D eigenvalue weighted by Crippen LogP contribution is 2.26. The molecule has 0 saturated carbocycles. The van der Waals surface area contributed by atoms with Gasteiger partial charge in [-0.3, -0.25) is 0 Å². The topological polar surface area (TPSA) is 66.6 Å². The van der Waals surface area contributed by atoms with Crippen LogP contribution < -0.4 is 5.73 Å². The molecule has 1 atom stereocenters. The lowest BCUT2D eigenvalue weighted by Gasteiger charge is -2.41. The van der Waals surface area contributed by atoms with E-state index in [1.165, 1.54) is 0 Å². The van der Waals surface area contributed by atoms with E-state index in [9.17, 15) is 8.42 Å². The molecule has 1 unspecified atom stereocenters. The highest BCUT2D eigenvalue weighted by molar-refractivity contribution is 7.86. The van der Waals surface area contributed by atoms with Crippen molar-refractivity contribution in [3.8, 4) is 0 Å². The predicted octanol–water partition coefficient (Wildman–Crippen LogP) is 1.95. The van der Waals surface area contributed by atoms with Crippen LogP contribution in [0.15, 0.2) is 0 Å². The molecular weight excluding hydrogens is 274 g/mol. The summed E-state index contributed by atoms with van der Waals surface area (Å²) in [6.07, 6.45) is 5.72. The van der Waals surface area contributed by atoms with E-state index in [1.54, 1.807) is 8.61 Å². The van der Waals surface area contributed by atoms with Crippen LogP contribution in [0.4, 0.5) is 0 Å². The van der Waals surface area contributed by atoms with Gasteiger partial charge in [-0.05, 0) is 32.6 Å². The average Bonchev–Trinajstić information content (AvgIpc) is 2.73. The molecule has 0 aliphatic carbocycles. The summed E-state index contributed by atoms with van der Waals surface area (Å²) in [4.78, 5) is 0. The Morgan fingerprint density at radius 3 is 2.10 bits per heavy atom. The number of hydrogen-bond acceptors (Lipinski definition) is 3. The van der Waals surface area contributed by atoms with Crippen LogP contribution in [0.3, 0.4) is 0 Å². The number of nitrogens with zero attached hydrogens (tertiary/aromatic N) is 2. The summed E-state index contributed by atoms with van der Waals surface area (Å²) >= 11 is 0. The second-order valence-electron chi connectivity index (χ2n) is 5.95. The second-order valence-corrected chi connectivity index (χ2v) is 7.80. The molecule has 0 aromatic rings. The Hall–Kier alpha value is -0.170. The quantitative estimate of drug-likeness (QED) is 0.781. The first-order valence-corrected chi connectivity index (χ1v) is 9.30. The van der Waals surface area contributed by atoms with Gasteiger partial charge in [-0.2, -0.15) is 17.0 Å². The summed E-state index contributed by atoms with van der Waals surface area (Å²) < 4.78 is 29.3. The zero-order valence-corrected chi connectivity index (χ0v) is 14.1. The van der Waals surface area contributed by atoms with Crippen molar-refractivity contribution in [1.29, 1.82) is 0 Å². The monoisotopic (exact) mass is 305 g/mol. The third-order valence-corrected chi connectivity index (χ3v) is 6.60. The first kappa shape index (κ1) is 17.9. The lowest BCUT2D eigenvalue weighted by molar-refractivity contribution is 0.190. The number of rotatable bonds is 7. The highest BCUT2D eigenvalue weighted by atomic mass is 32.2. The predicted molar refractivity (Wildman–Crippen MR) is 83.7 cm³/mol. The van der Waals surface area contributed by atoms with E-state index >= 15 is 0 Å². The van der Waals surface area contributed by atoms with Crippen molar-refractivity contribution in [2.24, 2.45) is 5.73 Å². The van der Waals surface area contributed by atoms with Gasteiger partial charge in [-0.15, -0.1) is 0 Å².